The molecular weight excluding hydrogens is 526 g/mol. The number of ether oxygens (including phenoxy) is 2. The lowest BCUT2D eigenvalue weighted by atomic mass is 9.81. The summed E-state index contributed by atoms with van der Waals surface area (Å²) in [6, 6.07) is 17.9. The molecule has 0 aliphatic heterocycles. The Kier molecular flexibility index (Phi) is 9.44. The summed E-state index contributed by atoms with van der Waals surface area (Å²) in [5, 5.41) is 10.1. The Morgan fingerprint density at radius 1 is 1.05 bits per heavy atom. The largest absolute Gasteiger partial charge is 0.508 e. The number of aromatic hydroxyl groups is 1. The Morgan fingerprint density at radius 3 is 2.45 bits per heavy atom. The van der Waals surface area contributed by atoms with Gasteiger partial charge in [-0.1, -0.05) is 45.0 Å². The van der Waals surface area contributed by atoms with Gasteiger partial charge >= 0.3 is 0 Å². The number of methoxy groups -OCH3 is 1. The number of benzene rings is 3. The van der Waals surface area contributed by atoms with Crippen LogP contribution in [0.25, 0.3) is 11.1 Å². The summed E-state index contributed by atoms with van der Waals surface area (Å²) in [7, 11) is -1.01. The van der Waals surface area contributed by atoms with E-state index in [0.717, 1.165) is 35.3 Å². The lowest BCUT2D eigenvalue weighted by Gasteiger charge is -2.32. The Bertz CT molecular complexity index is 1360. The third-order valence-electron chi connectivity index (χ3n) is 7.47. The lowest BCUT2D eigenvalue weighted by molar-refractivity contribution is 0.0155. The van der Waals surface area contributed by atoms with Gasteiger partial charge in [-0.15, -0.1) is 0 Å². The molecule has 0 heterocycles. The topological polar surface area (TPSA) is 65.0 Å². The zero-order valence-corrected chi connectivity index (χ0v) is 25.3. The predicted octanol–water partition coefficient (Wildman–Crippen LogP) is 8.95. The van der Waals surface area contributed by atoms with Crippen LogP contribution in [0.5, 0.6) is 11.5 Å². The molecule has 1 aliphatic carbocycles. The van der Waals surface area contributed by atoms with E-state index in [1.807, 2.05) is 37.3 Å². The first-order valence-electron chi connectivity index (χ1n) is 14.0. The number of phenolic OH excluding ortho intramolecular Hbond substituents is 1. The predicted molar refractivity (Wildman–Crippen MR) is 159 cm³/mol. The van der Waals surface area contributed by atoms with E-state index in [0.29, 0.717) is 36.4 Å². The molecule has 7 heteroatoms. The Morgan fingerprint density at radius 2 is 1.80 bits per heavy atom. The molecular formula is C33H42FO5P. The molecule has 4 rings (SSSR count). The number of hydrogen-bond acceptors (Lipinski definition) is 5. The zero-order valence-electron chi connectivity index (χ0n) is 24.4. The van der Waals surface area contributed by atoms with E-state index >= 15 is 0 Å². The third kappa shape index (κ3) is 7.54. The maximum absolute atomic E-state index is 14.9. The van der Waals surface area contributed by atoms with Gasteiger partial charge in [-0.25, -0.2) is 4.39 Å². The van der Waals surface area contributed by atoms with Crippen molar-refractivity contribution in [2.24, 2.45) is 11.3 Å². The van der Waals surface area contributed by atoms with Crippen LogP contribution in [0.3, 0.4) is 0 Å². The van der Waals surface area contributed by atoms with Gasteiger partial charge in [-0.2, -0.15) is 0 Å². The zero-order chi connectivity index (χ0) is 29.1. The van der Waals surface area contributed by atoms with Crippen LogP contribution >= 0.6 is 7.37 Å². The summed E-state index contributed by atoms with van der Waals surface area (Å²) in [6.45, 7) is 10.6. The highest BCUT2D eigenvalue weighted by Gasteiger charge is 2.36. The lowest BCUT2D eigenvalue weighted by Crippen LogP contribution is -2.21. The van der Waals surface area contributed by atoms with Crippen molar-refractivity contribution < 1.29 is 28.1 Å². The molecule has 0 bridgehead atoms. The number of halogens is 1. The highest BCUT2D eigenvalue weighted by atomic mass is 31.2. The molecule has 0 saturated heterocycles. The average Bonchev–Trinajstić information content (AvgIpc) is 3.73. The van der Waals surface area contributed by atoms with Crippen LogP contribution in [0.2, 0.25) is 0 Å². The molecule has 0 amide bonds. The van der Waals surface area contributed by atoms with Crippen LogP contribution in [0.4, 0.5) is 4.39 Å². The van der Waals surface area contributed by atoms with E-state index in [4.69, 9.17) is 14.0 Å². The molecule has 0 spiro atoms. The Labute approximate surface area is 238 Å². The van der Waals surface area contributed by atoms with Crippen LogP contribution in [0.1, 0.15) is 69.2 Å². The minimum atomic E-state index is -2.67. The fourth-order valence-corrected chi connectivity index (χ4v) is 7.42. The van der Waals surface area contributed by atoms with E-state index in [1.165, 1.54) is 18.2 Å². The second-order valence-electron chi connectivity index (χ2n) is 12.0. The molecule has 40 heavy (non-hydrogen) atoms. The van der Waals surface area contributed by atoms with Gasteiger partial charge in [-0.05, 0) is 95.7 Å². The van der Waals surface area contributed by atoms with Crippen LogP contribution in [-0.4, -0.2) is 31.6 Å². The first-order chi connectivity index (χ1) is 18.9. The van der Waals surface area contributed by atoms with Crippen molar-refractivity contribution in [3.63, 3.8) is 0 Å². The molecule has 1 fully saturated rings. The van der Waals surface area contributed by atoms with E-state index in [2.05, 4.69) is 32.9 Å². The van der Waals surface area contributed by atoms with E-state index < -0.39 is 13.2 Å². The molecule has 1 aliphatic rings. The Balaban J connectivity index is 1.61. The summed E-state index contributed by atoms with van der Waals surface area (Å²) < 4.78 is 45.6. The van der Waals surface area contributed by atoms with Crippen molar-refractivity contribution in [3.8, 4) is 22.6 Å². The fraction of sp³-hybridized carbons (Fsp3) is 0.455. The summed E-state index contributed by atoms with van der Waals surface area (Å²) >= 11 is 0. The highest BCUT2D eigenvalue weighted by Crippen LogP contribution is 2.53. The Hall–Kier alpha value is -2.66. The summed E-state index contributed by atoms with van der Waals surface area (Å²) in [5.74, 6) is 1.05. The van der Waals surface area contributed by atoms with E-state index in [1.54, 1.807) is 13.8 Å². The SMILES string of the molecule is CCOP(C)(=O)C[C@H](c1cccc(OCc2ccc(-c3cc(O)ccc3F)c([C@@H](OC)C(C)(C)C)c2)c1)C1CC1. The van der Waals surface area contributed by atoms with E-state index in [9.17, 15) is 14.1 Å². The van der Waals surface area contributed by atoms with Crippen molar-refractivity contribution in [2.45, 2.75) is 59.2 Å². The van der Waals surface area contributed by atoms with Gasteiger partial charge in [-0.3, -0.25) is 4.57 Å². The number of phenols is 1. The van der Waals surface area contributed by atoms with Crippen molar-refractivity contribution in [1.82, 2.24) is 0 Å². The van der Waals surface area contributed by atoms with Gasteiger partial charge < -0.3 is 19.1 Å². The summed E-state index contributed by atoms with van der Waals surface area (Å²) in [6.07, 6.45) is 2.51. The minimum absolute atomic E-state index is 0.00422. The van der Waals surface area contributed by atoms with Gasteiger partial charge in [0, 0.05) is 25.5 Å². The molecule has 3 aromatic rings. The maximum Gasteiger partial charge on any atom is 0.200 e. The summed E-state index contributed by atoms with van der Waals surface area (Å²) in [5.41, 5.74) is 3.62. The van der Waals surface area contributed by atoms with Crippen molar-refractivity contribution >= 4 is 7.37 Å². The monoisotopic (exact) mass is 568 g/mol. The molecule has 3 aromatic carbocycles. The minimum Gasteiger partial charge on any atom is -0.508 e. The molecule has 0 radical (unpaired) electrons. The quantitative estimate of drug-likeness (QED) is 0.221. The van der Waals surface area contributed by atoms with Gasteiger partial charge in [0.1, 0.15) is 23.9 Å². The maximum atomic E-state index is 14.9. The van der Waals surface area contributed by atoms with Gasteiger partial charge in [0.2, 0.25) is 7.37 Å². The van der Waals surface area contributed by atoms with Crippen LogP contribution in [-0.2, 0) is 20.4 Å². The summed E-state index contributed by atoms with van der Waals surface area (Å²) in [4.78, 5) is 0. The smallest absolute Gasteiger partial charge is 0.200 e. The molecule has 3 atom stereocenters. The van der Waals surface area contributed by atoms with E-state index in [-0.39, 0.29) is 23.2 Å². The fourth-order valence-electron chi connectivity index (χ4n) is 5.54. The molecule has 1 N–H and O–H groups in total. The standard InChI is InChI=1S/C33H42FO5P/c1-7-39-40(6,36)21-30(23-12-13-23)24-9-8-10-26(18-24)38-20-22-11-15-27(28-19-25(35)14-16-31(28)34)29(17-22)32(37-5)33(2,3)4/h8-11,14-19,23,30,32,35H,7,12-13,20-21H2,1-6H3/t30-,32+,40?/m0/s1. The van der Waals surface area contributed by atoms with Crippen molar-refractivity contribution in [2.75, 3.05) is 26.5 Å². The first kappa shape index (κ1) is 30.3. The van der Waals surface area contributed by atoms with Gasteiger partial charge in [0.05, 0.1) is 12.7 Å². The van der Waals surface area contributed by atoms with Crippen LogP contribution in [0.15, 0.2) is 60.7 Å². The second kappa shape index (κ2) is 12.5. The highest BCUT2D eigenvalue weighted by molar-refractivity contribution is 7.58. The van der Waals surface area contributed by atoms with Crippen molar-refractivity contribution in [3.05, 3.63) is 83.2 Å². The van der Waals surface area contributed by atoms with Crippen LogP contribution < -0.4 is 4.74 Å². The average molecular weight is 569 g/mol. The molecule has 216 valence electrons. The van der Waals surface area contributed by atoms with Gasteiger partial charge in [0.15, 0.2) is 0 Å². The number of hydrogen-bond donors (Lipinski definition) is 1. The van der Waals surface area contributed by atoms with Crippen molar-refractivity contribution in [1.29, 1.82) is 0 Å². The normalized spacial score (nSPS) is 16.8. The molecule has 1 saturated carbocycles. The molecule has 1 unspecified atom stereocenters. The van der Waals surface area contributed by atoms with Crippen LogP contribution in [0, 0.1) is 17.2 Å². The molecule has 5 nitrogen and oxygen atoms in total. The number of rotatable bonds is 12. The van der Waals surface area contributed by atoms with Gasteiger partial charge in [0.25, 0.3) is 0 Å². The molecule has 0 aromatic heterocycles. The third-order valence-corrected chi connectivity index (χ3v) is 9.34. The second-order valence-corrected chi connectivity index (χ2v) is 14.6. The first-order valence-corrected chi connectivity index (χ1v) is 16.3.